The predicted octanol–water partition coefficient (Wildman–Crippen LogP) is 4.64. The molecule has 2 aromatic carbocycles. The number of thioether (sulfide) groups is 1. The van der Waals surface area contributed by atoms with Crippen molar-refractivity contribution >= 4 is 17.7 Å². The molecule has 3 aromatic rings. The Hall–Kier alpha value is -2.67. The molecule has 0 aliphatic heterocycles. The van der Waals surface area contributed by atoms with E-state index in [1.54, 1.807) is 12.1 Å². The summed E-state index contributed by atoms with van der Waals surface area (Å²) >= 11 is 1.35. The topological polar surface area (TPSA) is 59.8 Å². The lowest BCUT2D eigenvalue weighted by Crippen LogP contribution is -2.33. The molecule has 29 heavy (non-hydrogen) atoms. The first kappa shape index (κ1) is 19.6. The molecule has 1 fully saturated rings. The first-order valence-corrected chi connectivity index (χ1v) is 10.6. The van der Waals surface area contributed by atoms with Crippen molar-refractivity contribution in [3.63, 3.8) is 0 Å². The van der Waals surface area contributed by atoms with Gasteiger partial charge in [-0.25, -0.2) is 14.1 Å². The average molecular weight is 411 g/mol. The molecule has 0 bridgehead atoms. The molecule has 1 saturated carbocycles. The molecule has 1 heterocycles. The number of benzene rings is 2. The highest BCUT2D eigenvalue weighted by molar-refractivity contribution is 8.00. The largest absolute Gasteiger partial charge is 0.349 e. The number of rotatable bonds is 7. The molecule has 5 nitrogen and oxygen atoms in total. The molecule has 1 aliphatic rings. The number of halogens is 1. The van der Waals surface area contributed by atoms with E-state index in [1.807, 2.05) is 48.9 Å². The lowest BCUT2D eigenvalue weighted by molar-refractivity contribution is -0.120. The van der Waals surface area contributed by atoms with Crippen LogP contribution in [-0.4, -0.2) is 25.9 Å². The highest BCUT2D eigenvalue weighted by atomic mass is 32.2. The number of amides is 1. The van der Waals surface area contributed by atoms with E-state index in [-0.39, 0.29) is 23.0 Å². The fourth-order valence-electron chi connectivity index (χ4n) is 3.10. The lowest BCUT2D eigenvalue weighted by atomic mass is 10.1. The van der Waals surface area contributed by atoms with Gasteiger partial charge < -0.3 is 5.32 Å². The first-order valence-electron chi connectivity index (χ1n) is 9.76. The zero-order chi connectivity index (χ0) is 20.4. The third-order valence-corrected chi connectivity index (χ3v) is 5.89. The minimum atomic E-state index is -0.350. The van der Waals surface area contributed by atoms with Crippen molar-refractivity contribution in [3.05, 3.63) is 71.8 Å². The van der Waals surface area contributed by atoms with Crippen LogP contribution in [0.25, 0.3) is 5.69 Å². The Morgan fingerprint density at radius 1 is 1.14 bits per heavy atom. The van der Waals surface area contributed by atoms with E-state index in [0.717, 1.165) is 29.9 Å². The Bertz CT molecular complexity index is 986. The molecule has 0 radical (unpaired) electrons. The summed E-state index contributed by atoms with van der Waals surface area (Å²) < 4.78 is 15.0. The second kappa shape index (κ2) is 8.37. The Balaban J connectivity index is 1.44. The van der Waals surface area contributed by atoms with E-state index < -0.39 is 0 Å². The van der Waals surface area contributed by atoms with Gasteiger partial charge in [0.1, 0.15) is 11.6 Å². The molecule has 4 rings (SSSR count). The van der Waals surface area contributed by atoms with Gasteiger partial charge in [0.25, 0.3) is 0 Å². The summed E-state index contributed by atoms with van der Waals surface area (Å²) in [4.78, 5) is 17.3. The highest BCUT2D eigenvalue weighted by Gasteiger charge is 2.31. The minimum absolute atomic E-state index is 0.101. The lowest BCUT2D eigenvalue weighted by Gasteiger charge is -2.17. The maximum absolute atomic E-state index is 13.1. The van der Waals surface area contributed by atoms with Crippen molar-refractivity contribution in [1.82, 2.24) is 20.1 Å². The van der Waals surface area contributed by atoms with Gasteiger partial charge in [-0.3, -0.25) is 4.79 Å². The summed E-state index contributed by atoms with van der Waals surface area (Å²) in [5.74, 6) is 1.02. The van der Waals surface area contributed by atoms with E-state index in [1.165, 1.54) is 23.9 Å². The van der Waals surface area contributed by atoms with Gasteiger partial charge in [-0.2, -0.15) is 0 Å². The molecule has 2 atom stereocenters. The van der Waals surface area contributed by atoms with Gasteiger partial charge in [-0.15, -0.1) is 5.10 Å². The molecule has 0 saturated heterocycles. The summed E-state index contributed by atoms with van der Waals surface area (Å²) in [6.07, 6.45) is 2.25. The summed E-state index contributed by atoms with van der Waals surface area (Å²) in [6.45, 7) is 3.73. The average Bonchev–Trinajstić information content (AvgIpc) is 3.49. The Labute approximate surface area is 173 Å². The van der Waals surface area contributed by atoms with Crippen molar-refractivity contribution in [2.24, 2.45) is 0 Å². The quantitative estimate of drug-likeness (QED) is 0.577. The highest BCUT2D eigenvalue weighted by Crippen LogP contribution is 2.40. The summed E-state index contributed by atoms with van der Waals surface area (Å²) in [5, 5.41) is 7.89. The van der Waals surface area contributed by atoms with Crippen LogP contribution in [0.1, 0.15) is 50.0 Å². The van der Waals surface area contributed by atoms with Gasteiger partial charge in [0, 0.05) is 5.92 Å². The zero-order valence-corrected chi connectivity index (χ0v) is 17.2. The standard InChI is InChI=1S/C22H23FN4OS/c1-14(16-10-12-18(23)13-11-16)24-21(28)15(2)29-22-25-20(17-8-9-17)27(26-22)19-6-4-3-5-7-19/h3-7,10-15,17H,8-9H2,1-2H3,(H,24,28)/t14-,15+/m0/s1. The third kappa shape index (κ3) is 4.67. The van der Waals surface area contributed by atoms with Crippen LogP contribution in [0.2, 0.25) is 0 Å². The predicted molar refractivity (Wildman–Crippen MR) is 112 cm³/mol. The number of carbonyl (C=O) groups excluding carboxylic acids is 1. The van der Waals surface area contributed by atoms with Gasteiger partial charge in [0.15, 0.2) is 0 Å². The van der Waals surface area contributed by atoms with E-state index in [9.17, 15) is 9.18 Å². The van der Waals surface area contributed by atoms with Crippen LogP contribution in [-0.2, 0) is 4.79 Å². The maximum Gasteiger partial charge on any atom is 0.233 e. The Morgan fingerprint density at radius 3 is 2.48 bits per heavy atom. The van der Waals surface area contributed by atoms with Crippen molar-refractivity contribution in [3.8, 4) is 5.69 Å². The minimum Gasteiger partial charge on any atom is -0.349 e. The van der Waals surface area contributed by atoms with Crippen LogP contribution >= 0.6 is 11.8 Å². The van der Waals surface area contributed by atoms with E-state index in [2.05, 4.69) is 10.4 Å². The van der Waals surface area contributed by atoms with Crippen LogP contribution in [0.5, 0.6) is 0 Å². The number of hydrogen-bond donors (Lipinski definition) is 1. The van der Waals surface area contributed by atoms with E-state index >= 15 is 0 Å². The second-order valence-corrected chi connectivity index (χ2v) is 8.62. The van der Waals surface area contributed by atoms with Gasteiger partial charge in [0.2, 0.25) is 11.1 Å². The molecule has 1 aromatic heterocycles. The summed E-state index contributed by atoms with van der Waals surface area (Å²) in [7, 11) is 0. The molecule has 1 aliphatic carbocycles. The number of para-hydroxylation sites is 1. The normalized spacial score (nSPS) is 15.7. The number of hydrogen-bond acceptors (Lipinski definition) is 4. The monoisotopic (exact) mass is 410 g/mol. The molecule has 1 N–H and O–H groups in total. The van der Waals surface area contributed by atoms with Crippen molar-refractivity contribution in [1.29, 1.82) is 0 Å². The van der Waals surface area contributed by atoms with E-state index in [0.29, 0.717) is 11.1 Å². The van der Waals surface area contributed by atoms with Crippen LogP contribution in [0, 0.1) is 5.82 Å². The van der Waals surface area contributed by atoms with E-state index in [4.69, 9.17) is 4.98 Å². The van der Waals surface area contributed by atoms with Crippen LogP contribution < -0.4 is 5.32 Å². The molecule has 1 amide bonds. The second-order valence-electron chi connectivity index (χ2n) is 7.32. The molecule has 0 unspecified atom stereocenters. The molecule has 150 valence electrons. The molecule has 7 heteroatoms. The SMILES string of the molecule is C[C@H](NC(=O)[C@@H](C)Sc1nc(C2CC2)n(-c2ccccc2)n1)c1ccc(F)cc1. The van der Waals surface area contributed by atoms with Crippen LogP contribution in [0.3, 0.4) is 0 Å². The summed E-state index contributed by atoms with van der Waals surface area (Å²) in [6, 6.07) is 15.9. The fraction of sp³-hybridized carbons (Fsp3) is 0.318. The maximum atomic E-state index is 13.1. The Morgan fingerprint density at radius 2 is 1.83 bits per heavy atom. The van der Waals surface area contributed by atoms with Crippen LogP contribution in [0.4, 0.5) is 4.39 Å². The molecular weight excluding hydrogens is 387 g/mol. The van der Waals surface area contributed by atoms with Crippen molar-refractivity contribution in [2.45, 2.75) is 49.1 Å². The Kier molecular flexibility index (Phi) is 5.67. The third-order valence-electron chi connectivity index (χ3n) is 4.94. The fourth-order valence-corrected chi connectivity index (χ4v) is 3.86. The number of carbonyl (C=O) groups is 1. The smallest absolute Gasteiger partial charge is 0.233 e. The number of nitrogens with zero attached hydrogens (tertiary/aromatic N) is 3. The molecular formula is C22H23FN4OS. The van der Waals surface area contributed by atoms with Crippen LogP contribution in [0.15, 0.2) is 59.8 Å². The van der Waals surface area contributed by atoms with Gasteiger partial charge >= 0.3 is 0 Å². The van der Waals surface area contributed by atoms with Gasteiger partial charge in [-0.1, -0.05) is 42.1 Å². The van der Waals surface area contributed by atoms with Gasteiger partial charge in [0.05, 0.1) is 17.0 Å². The first-order chi connectivity index (χ1) is 14.0. The van der Waals surface area contributed by atoms with Gasteiger partial charge in [-0.05, 0) is 56.5 Å². The van der Waals surface area contributed by atoms with Crippen molar-refractivity contribution < 1.29 is 9.18 Å². The summed E-state index contributed by atoms with van der Waals surface area (Å²) in [5.41, 5.74) is 1.84. The number of nitrogens with one attached hydrogen (secondary N) is 1. The number of aromatic nitrogens is 3. The van der Waals surface area contributed by atoms with Crippen molar-refractivity contribution in [2.75, 3.05) is 0 Å². The zero-order valence-electron chi connectivity index (χ0n) is 16.4. The molecule has 0 spiro atoms.